The van der Waals surface area contributed by atoms with E-state index in [-0.39, 0.29) is 0 Å². The van der Waals surface area contributed by atoms with Gasteiger partial charge in [0.05, 0.1) is 7.11 Å². The van der Waals surface area contributed by atoms with E-state index in [0.717, 1.165) is 0 Å². The second kappa shape index (κ2) is 4.99. The lowest BCUT2D eigenvalue weighted by Gasteiger charge is -2.03. The molecular weight excluding hydrogens is 166 g/mol. The van der Waals surface area contributed by atoms with Gasteiger partial charge in [-0.3, -0.25) is 0 Å². The molecule has 1 heterocycles. The summed E-state index contributed by atoms with van der Waals surface area (Å²) in [5.41, 5.74) is 0. The summed E-state index contributed by atoms with van der Waals surface area (Å²) < 4.78 is 4.93. The van der Waals surface area contributed by atoms with E-state index in [1.165, 1.54) is 0 Å². The van der Waals surface area contributed by atoms with Crippen molar-refractivity contribution < 1.29 is 4.74 Å². The van der Waals surface area contributed by atoms with Gasteiger partial charge in [0.1, 0.15) is 0 Å². The Morgan fingerprint density at radius 2 is 2.54 bits per heavy atom. The number of rotatable bonds is 4. The van der Waals surface area contributed by atoms with Gasteiger partial charge in [-0.1, -0.05) is 0 Å². The minimum Gasteiger partial charge on any atom is -0.481 e. The van der Waals surface area contributed by atoms with Gasteiger partial charge in [0, 0.05) is 25.2 Å². The minimum atomic E-state index is 0.537. The maximum Gasteiger partial charge on any atom is 0.225 e. The Labute approximate surface area is 77.4 Å². The molecule has 0 aliphatic carbocycles. The molecule has 0 amide bonds. The van der Waals surface area contributed by atoms with Crippen molar-refractivity contribution in [3.05, 3.63) is 12.3 Å². The number of terminal acetylenes is 1. The highest BCUT2D eigenvalue weighted by molar-refractivity contribution is 5.27. The highest BCUT2D eigenvalue weighted by atomic mass is 16.5. The first kappa shape index (κ1) is 9.33. The SMILES string of the molecule is C#CCCNc1nccc(OC)n1. The van der Waals surface area contributed by atoms with Crippen molar-refractivity contribution >= 4 is 5.95 Å². The van der Waals surface area contributed by atoms with E-state index in [2.05, 4.69) is 21.2 Å². The first-order chi connectivity index (χ1) is 6.36. The largest absolute Gasteiger partial charge is 0.481 e. The van der Waals surface area contributed by atoms with E-state index in [0.29, 0.717) is 24.8 Å². The lowest BCUT2D eigenvalue weighted by atomic mass is 10.4. The molecule has 0 spiro atoms. The van der Waals surface area contributed by atoms with Crippen LogP contribution >= 0.6 is 0 Å². The standard InChI is InChI=1S/C9H11N3O/c1-3-4-6-10-9-11-7-5-8(12-9)13-2/h1,5,7H,4,6H2,2H3,(H,10,11,12). The second-order valence-corrected chi connectivity index (χ2v) is 2.30. The van der Waals surface area contributed by atoms with Crippen LogP contribution in [-0.4, -0.2) is 23.6 Å². The van der Waals surface area contributed by atoms with Crippen LogP contribution in [0.5, 0.6) is 5.88 Å². The summed E-state index contributed by atoms with van der Waals surface area (Å²) in [5, 5.41) is 2.98. The van der Waals surface area contributed by atoms with Crippen molar-refractivity contribution in [2.75, 3.05) is 19.0 Å². The van der Waals surface area contributed by atoms with Crippen molar-refractivity contribution in [1.82, 2.24) is 9.97 Å². The van der Waals surface area contributed by atoms with E-state index in [4.69, 9.17) is 11.2 Å². The smallest absolute Gasteiger partial charge is 0.225 e. The highest BCUT2D eigenvalue weighted by Crippen LogP contribution is 2.06. The quantitative estimate of drug-likeness (QED) is 0.548. The molecule has 0 aromatic carbocycles. The van der Waals surface area contributed by atoms with Crippen molar-refractivity contribution in [3.63, 3.8) is 0 Å². The number of ether oxygens (including phenoxy) is 1. The van der Waals surface area contributed by atoms with Crippen LogP contribution in [0.3, 0.4) is 0 Å². The topological polar surface area (TPSA) is 47.0 Å². The van der Waals surface area contributed by atoms with Crippen LogP contribution in [0.15, 0.2) is 12.3 Å². The molecule has 0 unspecified atom stereocenters. The zero-order valence-electron chi connectivity index (χ0n) is 7.45. The van der Waals surface area contributed by atoms with E-state index in [9.17, 15) is 0 Å². The molecule has 13 heavy (non-hydrogen) atoms. The van der Waals surface area contributed by atoms with Crippen molar-refractivity contribution in [2.24, 2.45) is 0 Å². The van der Waals surface area contributed by atoms with Gasteiger partial charge in [-0.15, -0.1) is 12.3 Å². The molecule has 0 aliphatic heterocycles. The fraction of sp³-hybridized carbons (Fsp3) is 0.333. The first-order valence-corrected chi connectivity index (χ1v) is 3.91. The van der Waals surface area contributed by atoms with Gasteiger partial charge in [0.25, 0.3) is 0 Å². The monoisotopic (exact) mass is 177 g/mol. The molecule has 0 saturated carbocycles. The number of anilines is 1. The van der Waals surface area contributed by atoms with Crippen LogP contribution in [0.4, 0.5) is 5.95 Å². The van der Waals surface area contributed by atoms with Crippen molar-refractivity contribution in [3.8, 4) is 18.2 Å². The Balaban J connectivity index is 2.52. The molecule has 0 aliphatic rings. The molecule has 0 saturated heterocycles. The maximum absolute atomic E-state index is 5.09. The molecule has 0 radical (unpaired) electrons. The highest BCUT2D eigenvalue weighted by Gasteiger charge is 1.96. The molecule has 0 fully saturated rings. The molecule has 0 atom stereocenters. The Morgan fingerprint density at radius 1 is 1.69 bits per heavy atom. The molecule has 1 aromatic rings. The average molecular weight is 177 g/mol. The van der Waals surface area contributed by atoms with Gasteiger partial charge in [-0.25, -0.2) is 4.98 Å². The van der Waals surface area contributed by atoms with E-state index < -0.39 is 0 Å². The summed E-state index contributed by atoms with van der Waals surface area (Å²) in [4.78, 5) is 8.04. The summed E-state index contributed by atoms with van der Waals surface area (Å²) in [5.74, 6) is 3.59. The summed E-state index contributed by atoms with van der Waals surface area (Å²) in [7, 11) is 1.56. The van der Waals surface area contributed by atoms with Crippen molar-refractivity contribution in [2.45, 2.75) is 6.42 Å². The van der Waals surface area contributed by atoms with E-state index in [1.54, 1.807) is 19.4 Å². The summed E-state index contributed by atoms with van der Waals surface area (Å²) in [6.45, 7) is 0.670. The number of aromatic nitrogens is 2. The molecule has 1 aromatic heterocycles. The Morgan fingerprint density at radius 3 is 3.23 bits per heavy atom. The lowest BCUT2D eigenvalue weighted by molar-refractivity contribution is 0.397. The van der Waals surface area contributed by atoms with Gasteiger partial charge < -0.3 is 10.1 Å². The van der Waals surface area contributed by atoms with Crippen LogP contribution in [0.25, 0.3) is 0 Å². The fourth-order valence-corrected chi connectivity index (χ4v) is 0.787. The van der Waals surface area contributed by atoms with Crippen LogP contribution < -0.4 is 10.1 Å². The number of hydrogen-bond acceptors (Lipinski definition) is 4. The number of hydrogen-bond donors (Lipinski definition) is 1. The Kier molecular flexibility index (Phi) is 3.58. The first-order valence-electron chi connectivity index (χ1n) is 3.91. The molecule has 1 N–H and O–H groups in total. The minimum absolute atomic E-state index is 0.537. The zero-order chi connectivity index (χ0) is 9.52. The summed E-state index contributed by atoms with van der Waals surface area (Å²) in [6.07, 6.45) is 7.38. The third-order valence-corrected chi connectivity index (χ3v) is 1.39. The van der Waals surface area contributed by atoms with Crippen LogP contribution in [0.2, 0.25) is 0 Å². The molecule has 4 heteroatoms. The zero-order valence-corrected chi connectivity index (χ0v) is 7.45. The molecule has 4 nitrogen and oxygen atoms in total. The predicted molar refractivity (Wildman–Crippen MR) is 50.5 cm³/mol. The third kappa shape index (κ3) is 2.99. The molecule has 68 valence electrons. The van der Waals surface area contributed by atoms with E-state index >= 15 is 0 Å². The van der Waals surface area contributed by atoms with Crippen LogP contribution in [0, 0.1) is 12.3 Å². The van der Waals surface area contributed by atoms with Gasteiger partial charge in [0.15, 0.2) is 0 Å². The number of methoxy groups -OCH3 is 1. The second-order valence-electron chi connectivity index (χ2n) is 2.30. The number of nitrogens with zero attached hydrogens (tertiary/aromatic N) is 2. The van der Waals surface area contributed by atoms with Crippen LogP contribution in [-0.2, 0) is 0 Å². The summed E-state index contributed by atoms with van der Waals surface area (Å²) >= 11 is 0. The fourth-order valence-electron chi connectivity index (χ4n) is 0.787. The average Bonchev–Trinajstić information content (AvgIpc) is 2.19. The van der Waals surface area contributed by atoms with Gasteiger partial charge in [-0.2, -0.15) is 4.98 Å². The Bertz CT molecular complexity index is 306. The predicted octanol–water partition coefficient (Wildman–Crippen LogP) is 0.920. The summed E-state index contributed by atoms with van der Waals surface area (Å²) in [6, 6.07) is 1.69. The Hall–Kier alpha value is -1.76. The molecule has 1 rings (SSSR count). The van der Waals surface area contributed by atoms with Crippen molar-refractivity contribution in [1.29, 1.82) is 0 Å². The third-order valence-electron chi connectivity index (χ3n) is 1.39. The van der Waals surface area contributed by atoms with Crippen LogP contribution in [0.1, 0.15) is 6.42 Å². The van der Waals surface area contributed by atoms with Gasteiger partial charge >= 0.3 is 0 Å². The normalized spacial score (nSPS) is 8.92. The number of nitrogens with one attached hydrogen (secondary N) is 1. The van der Waals surface area contributed by atoms with E-state index in [1.807, 2.05) is 0 Å². The molecule has 0 bridgehead atoms. The van der Waals surface area contributed by atoms with Gasteiger partial charge in [0.2, 0.25) is 11.8 Å². The maximum atomic E-state index is 5.09. The molecular formula is C9H11N3O. The lowest BCUT2D eigenvalue weighted by Crippen LogP contribution is -2.04. The van der Waals surface area contributed by atoms with Gasteiger partial charge in [-0.05, 0) is 0 Å².